The summed E-state index contributed by atoms with van der Waals surface area (Å²) in [6.45, 7) is 4.09. The van der Waals surface area contributed by atoms with Crippen LogP contribution >= 0.6 is 0 Å². The molecule has 0 saturated carbocycles. The Labute approximate surface area is 250 Å². The summed E-state index contributed by atoms with van der Waals surface area (Å²) < 4.78 is 2.47. The van der Waals surface area contributed by atoms with E-state index in [9.17, 15) is 4.79 Å². The maximum Gasteiger partial charge on any atom is 0.251 e. The lowest BCUT2D eigenvalue weighted by Gasteiger charge is -2.10. The Kier molecular flexibility index (Phi) is 17.0. The molecule has 226 valence electrons. The molecule has 0 aliphatic rings. The molecule has 0 spiro atoms. The number of aryl methyl sites for hydroxylation is 2. The van der Waals surface area contributed by atoms with Crippen LogP contribution in [0.15, 0.2) is 54.6 Å². The second-order valence-electron chi connectivity index (χ2n) is 11.9. The van der Waals surface area contributed by atoms with Crippen molar-refractivity contribution in [2.24, 2.45) is 0 Å². The maximum atomic E-state index is 12.2. The second kappa shape index (κ2) is 21.1. The van der Waals surface area contributed by atoms with Gasteiger partial charge in [-0.2, -0.15) is 0 Å². The summed E-state index contributed by atoms with van der Waals surface area (Å²) in [4.78, 5) is 17.2. The lowest BCUT2D eigenvalue weighted by atomic mass is 10.0. The Hall–Kier alpha value is -2.62. The third-order valence-corrected chi connectivity index (χ3v) is 8.37. The van der Waals surface area contributed by atoms with Gasteiger partial charge in [0, 0.05) is 25.1 Å². The third kappa shape index (κ3) is 13.3. The molecule has 0 aliphatic heterocycles. The molecule has 4 nitrogen and oxygen atoms in total. The zero-order valence-corrected chi connectivity index (χ0v) is 26.1. The van der Waals surface area contributed by atoms with E-state index in [1.165, 1.54) is 114 Å². The van der Waals surface area contributed by atoms with E-state index >= 15 is 0 Å². The predicted molar refractivity (Wildman–Crippen MR) is 176 cm³/mol. The van der Waals surface area contributed by atoms with Crippen molar-refractivity contribution in [2.75, 3.05) is 6.54 Å². The molecule has 0 radical (unpaired) electrons. The van der Waals surface area contributed by atoms with Gasteiger partial charge in [0.15, 0.2) is 0 Å². The number of hydrogen-bond acceptors (Lipinski definition) is 2. The van der Waals surface area contributed by atoms with Gasteiger partial charge in [0.2, 0.25) is 0 Å². The zero-order valence-electron chi connectivity index (χ0n) is 26.1. The fourth-order valence-corrected chi connectivity index (χ4v) is 5.86. The van der Waals surface area contributed by atoms with E-state index in [0.717, 1.165) is 49.9 Å². The van der Waals surface area contributed by atoms with Crippen LogP contribution in [0.4, 0.5) is 0 Å². The Morgan fingerprint density at radius 1 is 0.634 bits per heavy atom. The average molecular weight is 560 g/mol. The summed E-state index contributed by atoms with van der Waals surface area (Å²) in [6, 6.07) is 18.0. The van der Waals surface area contributed by atoms with Gasteiger partial charge in [-0.25, -0.2) is 4.98 Å². The summed E-state index contributed by atoms with van der Waals surface area (Å²) in [5, 5.41) is 3.04. The fraction of sp³-hybridized carbons (Fsp3) is 0.622. The molecule has 3 rings (SSSR count). The topological polar surface area (TPSA) is 46.9 Å². The first-order valence-electron chi connectivity index (χ1n) is 17.1. The summed E-state index contributed by atoms with van der Waals surface area (Å²) in [5.74, 6) is 1.24. The van der Waals surface area contributed by atoms with Crippen LogP contribution in [0.5, 0.6) is 0 Å². The first kappa shape index (κ1) is 32.9. The summed E-state index contributed by atoms with van der Waals surface area (Å²) in [5.41, 5.74) is 3.13. The standard InChI is InChI=1S/C37H57N3O/c1-2-3-4-5-6-7-8-9-10-11-12-13-14-15-16-25-32-40-35-29-23-22-28-34(35)39-36(40)30-21-18-24-31-38-37(41)33-26-19-17-20-27-33/h17,19-20,22-23,26-29H,2-16,18,21,24-25,30-32H2,1H3,(H,38,41). The Balaban J connectivity index is 1.23. The van der Waals surface area contributed by atoms with Crippen molar-refractivity contribution in [2.45, 2.75) is 142 Å². The number of nitrogens with zero attached hydrogens (tertiary/aromatic N) is 2. The van der Waals surface area contributed by atoms with E-state index in [2.05, 4.69) is 41.1 Å². The van der Waals surface area contributed by atoms with Gasteiger partial charge in [-0.3, -0.25) is 4.79 Å². The number of carbonyl (C=O) groups is 1. The number of unbranched alkanes of at least 4 members (excludes halogenated alkanes) is 17. The minimum absolute atomic E-state index is 0.0196. The number of carbonyl (C=O) groups excluding carboxylic acids is 1. The molecular weight excluding hydrogens is 502 g/mol. The van der Waals surface area contributed by atoms with Gasteiger partial charge in [-0.1, -0.05) is 140 Å². The van der Waals surface area contributed by atoms with Crippen molar-refractivity contribution in [3.05, 3.63) is 66.0 Å². The molecule has 1 N–H and O–H groups in total. The van der Waals surface area contributed by atoms with Crippen molar-refractivity contribution in [1.82, 2.24) is 14.9 Å². The molecular formula is C37H57N3O. The summed E-state index contributed by atoms with van der Waals surface area (Å²) in [7, 11) is 0. The molecule has 1 aromatic heterocycles. The SMILES string of the molecule is CCCCCCCCCCCCCCCCCCn1c(CCCCCNC(=O)c2ccccc2)nc2ccccc21. The van der Waals surface area contributed by atoms with Crippen LogP contribution in [-0.2, 0) is 13.0 Å². The highest BCUT2D eigenvalue weighted by molar-refractivity contribution is 5.94. The number of hydrogen-bond donors (Lipinski definition) is 1. The second-order valence-corrected chi connectivity index (χ2v) is 11.9. The molecule has 4 heteroatoms. The summed E-state index contributed by atoms with van der Waals surface area (Å²) >= 11 is 0. The number of rotatable bonds is 24. The smallest absolute Gasteiger partial charge is 0.251 e. The largest absolute Gasteiger partial charge is 0.352 e. The van der Waals surface area contributed by atoms with Gasteiger partial charge in [-0.15, -0.1) is 0 Å². The van der Waals surface area contributed by atoms with Gasteiger partial charge >= 0.3 is 0 Å². The normalized spacial score (nSPS) is 11.3. The molecule has 1 amide bonds. The maximum absolute atomic E-state index is 12.2. The Bertz CT molecular complexity index is 1070. The molecule has 0 saturated heterocycles. The van der Waals surface area contributed by atoms with E-state index in [0.29, 0.717) is 0 Å². The van der Waals surface area contributed by atoms with E-state index in [4.69, 9.17) is 4.98 Å². The Morgan fingerprint density at radius 3 is 1.80 bits per heavy atom. The van der Waals surface area contributed by atoms with Gasteiger partial charge in [0.1, 0.15) is 5.82 Å². The van der Waals surface area contributed by atoms with Crippen molar-refractivity contribution < 1.29 is 4.79 Å². The molecule has 0 bridgehead atoms. The number of para-hydroxylation sites is 2. The third-order valence-electron chi connectivity index (χ3n) is 8.37. The van der Waals surface area contributed by atoms with Crippen molar-refractivity contribution >= 4 is 16.9 Å². The van der Waals surface area contributed by atoms with Crippen LogP contribution < -0.4 is 5.32 Å². The molecule has 41 heavy (non-hydrogen) atoms. The average Bonchev–Trinajstić information content (AvgIpc) is 3.36. The fourth-order valence-electron chi connectivity index (χ4n) is 5.86. The first-order chi connectivity index (χ1) is 20.3. The zero-order chi connectivity index (χ0) is 28.8. The van der Waals surface area contributed by atoms with Gasteiger partial charge in [0.05, 0.1) is 11.0 Å². The Morgan fingerprint density at radius 2 is 1.17 bits per heavy atom. The van der Waals surface area contributed by atoms with E-state index in [-0.39, 0.29) is 5.91 Å². The molecule has 1 heterocycles. The van der Waals surface area contributed by atoms with Crippen LogP contribution in [0, 0.1) is 0 Å². The van der Waals surface area contributed by atoms with Crippen molar-refractivity contribution in [3.8, 4) is 0 Å². The van der Waals surface area contributed by atoms with Crippen LogP contribution in [0.2, 0.25) is 0 Å². The molecule has 0 aliphatic carbocycles. The van der Waals surface area contributed by atoms with Gasteiger partial charge in [-0.05, 0) is 43.5 Å². The van der Waals surface area contributed by atoms with Gasteiger partial charge in [0.25, 0.3) is 5.91 Å². The predicted octanol–water partition coefficient (Wildman–Crippen LogP) is 10.4. The molecule has 0 atom stereocenters. The quantitative estimate of drug-likeness (QED) is 0.111. The van der Waals surface area contributed by atoms with E-state index < -0.39 is 0 Å². The van der Waals surface area contributed by atoms with Crippen LogP contribution in [-0.4, -0.2) is 22.0 Å². The van der Waals surface area contributed by atoms with Crippen molar-refractivity contribution in [3.63, 3.8) is 0 Å². The van der Waals surface area contributed by atoms with E-state index in [1.54, 1.807) is 0 Å². The number of aromatic nitrogens is 2. The van der Waals surface area contributed by atoms with E-state index in [1.807, 2.05) is 30.3 Å². The number of benzene rings is 2. The highest BCUT2D eigenvalue weighted by Crippen LogP contribution is 2.20. The number of amides is 1. The molecule has 0 fully saturated rings. The molecule has 0 unspecified atom stereocenters. The highest BCUT2D eigenvalue weighted by Gasteiger charge is 2.10. The molecule has 3 aromatic rings. The monoisotopic (exact) mass is 559 g/mol. The van der Waals surface area contributed by atoms with Gasteiger partial charge < -0.3 is 9.88 Å². The van der Waals surface area contributed by atoms with Crippen LogP contribution in [0.25, 0.3) is 11.0 Å². The summed E-state index contributed by atoms with van der Waals surface area (Å²) in [6.07, 6.45) is 26.6. The number of imidazole rings is 1. The number of nitrogens with one attached hydrogen (secondary N) is 1. The lowest BCUT2D eigenvalue weighted by Crippen LogP contribution is -2.24. The minimum Gasteiger partial charge on any atom is -0.352 e. The lowest BCUT2D eigenvalue weighted by molar-refractivity contribution is 0.0953. The first-order valence-corrected chi connectivity index (χ1v) is 17.1. The van der Waals surface area contributed by atoms with Crippen LogP contribution in [0.3, 0.4) is 0 Å². The minimum atomic E-state index is 0.0196. The van der Waals surface area contributed by atoms with Crippen molar-refractivity contribution in [1.29, 1.82) is 0 Å². The number of fused-ring (bicyclic) bond motifs is 1. The highest BCUT2D eigenvalue weighted by atomic mass is 16.1. The molecule has 2 aromatic carbocycles. The van der Waals surface area contributed by atoms with Crippen LogP contribution in [0.1, 0.15) is 145 Å².